The van der Waals surface area contributed by atoms with Crippen LogP contribution >= 0.6 is 0 Å². The van der Waals surface area contributed by atoms with Crippen molar-refractivity contribution < 1.29 is 19.4 Å². The first-order valence-corrected chi connectivity index (χ1v) is 9.46. The number of fused-ring (bicyclic) bond motifs is 2. The number of carboxylic acid groups (broad SMARTS) is 1. The molecule has 1 heterocycles. The average Bonchev–Trinajstić information content (AvgIpc) is 2.65. The number of aromatic nitrogens is 1. The molecule has 0 aliphatic carbocycles. The molecule has 2 aromatic carbocycles. The molecule has 0 atom stereocenters. The standard InChI is InChI=1S/C22H25N3O4/c1-22(2,3)29-21(28)25(14-19(26)27)13-12-23-20-15-8-4-6-10-17(15)24-18-11-7-5-9-16(18)20/h4-11H,12-14H2,1-3H3,(H,23,24)(H,26,27). The van der Waals surface area contributed by atoms with Gasteiger partial charge >= 0.3 is 12.1 Å². The van der Waals surface area contributed by atoms with Crippen LogP contribution in [0.4, 0.5) is 10.5 Å². The van der Waals surface area contributed by atoms with Gasteiger partial charge in [0, 0.05) is 23.9 Å². The monoisotopic (exact) mass is 395 g/mol. The molecular weight excluding hydrogens is 370 g/mol. The summed E-state index contributed by atoms with van der Waals surface area (Å²) in [5.74, 6) is -1.09. The van der Waals surface area contributed by atoms with Gasteiger partial charge in [-0.3, -0.25) is 9.69 Å². The minimum atomic E-state index is -1.09. The van der Waals surface area contributed by atoms with Crippen LogP contribution < -0.4 is 5.32 Å². The maximum absolute atomic E-state index is 12.4. The number of carbonyl (C=O) groups excluding carboxylic acids is 1. The Morgan fingerprint density at radius 3 is 2.10 bits per heavy atom. The second kappa shape index (κ2) is 8.34. The number of benzene rings is 2. The number of carbonyl (C=O) groups is 2. The van der Waals surface area contributed by atoms with Gasteiger partial charge < -0.3 is 15.2 Å². The maximum atomic E-state index is 12.4. The van der Waals surface area contributed by atoms with Gasteiger partial charge in [-0.15, -0.1) is 0 Å². The number of hydrogen-bond donors (Lipinski definition) is 2. The van der Waals surface area contributed by atoms with Crippen LogP contribution in [0.2, 0.25) is 0 Å². The number of hydrogen-bond acceptors (Lipinski definition) is 5. The number of nitrogens with zero attached hydrogens (tertiary/aromatic N) is 2. The first-order chi connectivity index (χ1) is 13.7. The van der Waals surface area contributed by atoms with Crippen LogP contribution in [0.1, 0.15) is 20.8 Å². The Hall–Kier alpha value is -3.35. The fourth-order valence-electron chi connectivity index (χ4n) is 3.07. The molecular formula is C22H25N3O4. The van der Waals surface area contributed by atoms with E-state index in [9.17, 15) is 9.59 Å². The summed E-state index contributed by atoms with van der Waals surface area (Å²) in [5.41, 5.74) is 1.94. The number of para-hydroxylation sites is 2. The van der Waals surface area contributed by atoms with Gasteiger partial charge in [-0.25, -0.2) is 9.78 Å². The largest absolute Gasteiger partial charge is 0.480 e. The number of amides is 1. The highest BCUT2D eigenvalue weighted by Crippen LogP contribution is 2.30. The summed E-state index contributed by atoms with van der Waals surface area (Å²) in [6.07, 6.45) is -0.647. The summed E-state index contributed by atoms with van der Waals surface area (Å²) >= 11 is 0. The minimum Gasteiger partial charge on any atom is -0.480 e. The molecule has 0 bridgehead atoms. The normalized spacial score (nSPS) is 11.4. The molecule has 0 radical (unpaired) electrons. The van der Waals surface area contributed by atoms with E-state index in [1.54, 1.807) is 20.8 Å². The Kier molecular flexibility index (Phi) is 5.87. The van der Waals surface area contributed by atoms with Crippen molar-refractivity contribution >= 4 is 39.6 Å². The van der Waals surface area contributed by atoms with Gasteiger partial charge in [0.25, 0.3) is 0 Å². The van der Waals surface area contributed by atoms with E-state index in [0.29, 0.717) is 6.54 Å². The molecule has 0 saturated carbocycles. The van der Waals surface area contributed by atoms with Crippen molar-refractivity contribution in [3.05, 3.63) is 48.5 Å². The summed E-state index contributed by atoms with van der Waals surface area (Å²) in [6, 6.07) is 15.6. The number of rotatable bonds is 6. The summed E-state index contributed by atoms with van der Waals surface area (Å²) in [7, 11) is 0. The van der Waals surface area contributed by atoms with E-state index in [2.05, 4.69) is 10.3 Å². The van der Waals surface area contributed by atoms with Gasteiger partial charge in [0.15, 0.2) is 0 Å². The lowest BCUT2D eigenvalue weighted by Gasteiger charge is -2.26. The predicted molar refractivity (Wildman–Crippen MR) is 113 cm³/mol. The minimum absolute atomic E-state index is 0.187. The van der Waals surface area contributed by atoms with Gasteiger partial charge in [-0.1, -0.05) is 36.4 Å². The Labute approximate surface area is 169 Å². The van der Waals surface area contributed by atoms with E-state index < -0.39 is 24.2 Å². The van der Waals surface area contributed by atoms with Gasteiger partial charge in [0.2, 0.25) is 0 Å². The Balaban J connectivity index is 1.82. The number of ether oxygens (including phenoxy) is 1. The fraction of sp³-hybridized carbons (Fsp3) is 0.318. The lowest BCUT2D eigenvalue weighted by molar-refractivity contribution is -0.138. The smallest absolute Gasteiger partial charge is 0.410 e. The Morgan fingerprint density at radius 2 is 1.59 bits per heavy atom. The van der Waals surface area contributed by atoms with Crippen LogP contribution in [-0.4, -0.2) is 52.3 Å². The molecule has 3 aromatic rings. The fourth-order valence-corrected chi connectivity index (χ4v) is 3.07. The SMILES string of the molecule is CC(C)(C)OC(=O)N(CCNc1c2ccccc2nc2ccccc12)CC(=O)O. The Morgan fingerprint density at radius 1 is 1.03 bits per heavy atom. The molecule has 7 nitrogen and oxygen atoms in total. The third-order valence-corrected chi connectivity index (χ3v) is 4.25. The van der Waals surface area contributed by atoms with Crippen LogP contribution in [0.25, 0.3) is 21.8 Å². The van der Waals surface area contributed by atoms with Gasteiger partial charge in [0.05, 0.1) is 16.7 Å². The number of anilines is 1. The van der Waals surface area contributed by atoms with Crippen molar-refractivity contribution in [3.63, 3.8) is 0 Å². The lowest BCUT2D eigenvalue weighted by Crippen LogP contribution is -2.42. The topological polar surface area (TPSA) is 91.8 Å². The zero-order valence-electron chi connectivity index (χ0n) is 16.8. The van der Waals surface area contributed by atoms with Crippen molar-refractivity contribution in [2.75, 3.05) is 25.0 Å². The third kappa shape index (κ3) is 5.13. The van der Waals surface area contributed by atoms with E-state index in [0.717, 1.165) is 27.5 Å². The highest BCUT2D eigenvalue weighted by Gasteiger charge is 2.23. The molecule has 0 fully saturated rings. The van der Waals surface area contributed by atoms with Crippen molar-refractivity contribution in [2.24, 2.45) is 0 Å². The molecule has 0 saturated heterocycles. The number of carboxylic acids is 1. The van der Waals surface area contributed by atoms with Crippen molar-refractivity contribution in [2.45, 2.75) is 26.4 Å². The van der Waals surface area contributed by atoms with Gasteiger partial charge in [0.1, 0.15) is 12.1 Å². The van der Waals surface area contributed by atoms with E-state index in [4.69, 9.17) is 9.84 Å². The van der Waals surface area contributed by atoms with E-state index in [-0.39, 0.29) is 6.54 Å². The number of pyridine rings is 1. The van der Waals surface area contributed by atoms with Crippen molar-refractivity contribution in [3.8, 4) is 0 Å². The first kappa shape index (κ1) is 20.4. The molecule has 2 N–H and O–H groups in total. The van der Waals surface area contributed by atoms with Crippen LogP contribution in [0.5, 0.6) is 0 Å². The van der Waals surface area contributed by atoms with Crippen molar-refractivity contribution in [1.82, 2.24) is 9.88 Å². The number of aliphatic carboxylic acids is 1. The highest BCUT2D eigenvalue weighted by atomic mass is 16.6. The first-order valence-electron chi connectivity index (χ1n) is 9.46. The molecule has 1 aromatic heterocycles. The van der Waals surface area contributed by atoms with E-state index in [1.807, 2.05) is 48.5 Å². The zero-order valence-corrected chi connectivity index (χ0v) is 16.8. The molecule has 3 rings (SSSR count). The Bertz CT molecular complexity index is 989. The second-order valence-corrected chi connectivity index (χ2v) is 7.74. The zero-order chi connectivity index (χ0) is 21.0. The average molecular weight is 395 g/mol. The molecule has 0 spiro atoms. The highest BCUT2D eigenvalue weighted by molar-refractivity contribution is 6.07. The van der Waals surface area contributed by atoms with E-state index in [1.165, 1.54) is 4.90 Å². The summed E-state index contributed by atoms with van der Waals surface area (Å²) in [6.45, 7) is 5.37. The van der Waals surface area contributed by atoms with E-state index >= 15 is 0 Å². The summed E-state index contributed by atoms with van der Waals surface area (Å²) in [5, 5.41) is 14.5. The quantitative estimate of drug-likeness (QED) is 0.610. The van der Waals surface area contributed by atoms with Crippen LogP contribution in [0.3, 0.4) is 0 Å². The van der Waals surface area contributed by atoms with Gasteiger partial charge in [-0.2, -0.15) is 0 Å². The molecule has 7 heteroatoms. The summed E-state index contributed by atoms with van der Waals surface area (Å²) in [4.78, 5) is 29.4. The molecule has 0 aliphatic heterocycles. The molecule has 152 valence electrons. The van der Waals surface area contributed by atoms with Gasteiger partial charge in [-0.05, 0) is 32.9 Å². The second-order valence-electron chi connectivity index (χ2n) is 7.74. The van der Waals surface area contributed by atoms with Crippen LogP contribution in [0, 0.1) is 0 Å². The molecule has 1 amide bonds. The molecule has 0 aliphatic rings. The van der Waals surface area contributed by atoms with Crippen LogP contribution in [-0.2, 0) is 9.53 Å². The van der Waals surface area contributed by atoms with Crippen LogP contribution in [0.15, 0.2) is 48.5 Å². The lowest BCUT2D eigenvalue weighted by atomic mass is 10.1. The summed E-state index contributed by atoms with van der Waals surface area (Å²) < 4.78 is 5.33. The molecule has 0 unspecified atom stereocenters. The predicted octanol–water partition coefficient (Wildman–Crippen LogP) is 4.12. The maximum Gasteiger partial charge on any atom is 0.410 e. The number of nitrogens with one attached hydrogen (secondary N) is 1. The van der Waals surface area contributed by atoms with Crippen molar-refractivity contribution in [1.29, 1.82) is 0 Å². The third-order valence-electron chi connectivity index (χ3n) is 4.25. The molecule has 29 heavy (non-hydrogen) atoms.